The first-order chi connectivity index (χ1) is 13.7. The van der Waals surface area contributed by atoms with Crippen LogP contribution in [0.5, 0.6) is 0 Å². The molecule has 0 aliphatic heterocycles. The number of carbonyl (C=O) groups excluding carboxylic acids is 1. The third-order valence-corrected chi connectivity index (χ3v) is 7.44. The predicted octanol–water partition coefficient (Wildman–Crippen LogP) is 4.31. The van der Waals surface area contributed by atoms with Crippen LogP contribution in [-0.2, 0) is 11.3 Å². The van der Waals surface area contributed by atoms with Gasteiger partial charge in [0.2, 0.25) is 5.91 Å². The molecule has 1 aromatic heterocycles. The maximum atomic E-state index is 12.3. The van der Waals surface area contributed by atoms with Crippen molar-refractivity contribution >= 4 is 17.7 Å². The predicted molar refractivity (Wildman–Crippen MR) is 113 cm³/mol. The Labute approximate surface area is 171 Å². The van der Waals surface area contributed by atoms with Gasteiger partial charge in [-0.2, -0.15) is 0 Å². The largest absolute Gasteiger partial charge is 0.355 e. The van der Waals surface area contributed by atoms with E-state index in [2.05, 4.69) is 46.1 Å². The number of rotatable bonds is 8. The Kier molecular flexibility index (Phi) is 6.04. The highest BCUT2D eigenvalue weighted by molar-refractivity contribution is 7.99. The number of carbonyl (C=O) groups is 1. The molecule has 1 heterocycles. The van der Waals surface area contributed by atoms with Crippen molar-refractivity contribution in [2.24, 2.45) is 17.8 Å². The standard InChI is InChI=1S/C22H30N4OS/c1-3-26-21(19-7-5-4-6-15(19)2)24-25-22(26)28-14-20(27)23-11-10-18-13-16-8-9-17(18)12-16/h4-7,16-18H,3,8-14H2,1-2H3,(H,23,27). The number of benzene rings is 1. The number of hydrogen-bond donors (Lipinski definition) is 1. The van der Waals surface area contributed by atoms with Crippen molar-refractivity contribution in [3.63, 3.8) is 0 Å². The van der Waals surface area contributed by atoms with E-state index in [1.54, 1.807) is 0 Å². The summed E-state index contributed by atoms with van der Waals surface area (Å²) in [7, 11) is 0. The Balaban J connectivity index is 1.28. The summed E-state index contributed by atoms with van der Waals surface area (Å²) in [6.45, 7) is 5.76. The quantitative estimate of drug-likeness (QED) is 0.673. The number of fused-ring (bicyclic) bond motifs is 2. The van der Waals surface area contributed by atoms with E-state index < -0.39 is 0 Å². The second-order valence-corrected chi connectivity index (χ2v) is 9.17. The van der Waals surface area contributed by atoms with Crippen LogP contribution in [0.1, 0.15) is 44.6 Å². The first-order valence-electron chi connectivity index (χ1n) is 10.5. The summed E-state index contributed by atoms with van der Waals surface area (Å²) in [5.41, 5.74) is 2.28. The number of amides is 1. The van der Waals surface area contributed by atoms with Crippen LogP contribution in [0.4, 0.5) is 0 Å². The first kappa shape index (κ1) is 19.5. The normalized spacial score (nSPS) is 23.3. The number of thioether (sulfide) groups is 1. The molecule has 2 fully saturated rings. The van der Waals surface area contributed by atoms with Gasteiger partial charge in [0.1, 0.15) is 0 Å². The summed E-state index contributed by atoms with van der Waals surface area (Å²) in [4.78, 5) is 12.3. The third kappa shape index (κ3) is 4.12. The van der Waals surface area contributed by atoms with Crippen LogP contribution >= 0.6 is 11.8 Å². The Hall–Kier alpha value is -1.82. The zero-order valence-corrected chi connectivity index (χ0v) is 17.7. The average molecular weight is 399 g/mol. The molecule has 1 N–H and O–H groups in total. The van der Waals surface area contributed by atoms with Crippen molar-refractivity contribution in [3.05, 3.63) is 29.8 Å². The summed E-state index contributed by atoms with van der Waals surface area (Å²) in [6, 6.07) is 8.21. The van der Waals surface area contributed by atoms with Gasteiger partial charge in [0.25, 0.3) is 0 Å². The highest BCUT2D eigenvalue weighted by atomic mass is 32.2. The molecule has 2 aromatic rings. The number of aromatic nitrogens is 3. The number of hydrogen-bond acceptors (Lipinski definition) is 4. The van der Waals surface area contributed by atoms with Crippen LogP contribution in [0.15, 0.2) is 29.4 Å². The molecule has 2 saturated carbocycles. The van der Waals surface area contributed by atoms with Gasteiger partial charge in [-0.3, -0.25) is 4.79 Å². The first-order valence-corrected chi connectivity index (χ1v) is 11.5. The minimum atomic E-state index is 0.0938. The van der Waals surface area contributed by atoms with Crippen molar-refractivity contribution < 1.29 is 4.79 Å². The second kappa shape index (κ2) is 8.68. The lowest BCUT2D eigenvalue weighted by Gasteiger charge is -2.21. The van der Waals surface area contributed by atoms with Crippen LogP contribution < -0.4 is 5.32 Å². The molecule has 2 bridgehead atoms. The summed E-state index contributed by atoms with van der Waals surface area (Å²) in [5, 5.41) is 12.7. The molecule has 3 atom stereocenters. The Morgan fingerprint density at radius 1 is 1.25 bits per heavy atom. The highest BCUT2D eigenvalue weighted by Gasteiger charge is 2.38. The van der Waals surface area contributed by atoms with Gasteiger partial charge < -0.3 is 9.88 Å². The molecule has 0 spiro atoms. The molecule has 28 heavy (non-hydrogen) atoms. The van der Waals surface area contributed by atoms with Gasteiger partial charge in [0, 0.05) is 18.7 Å². The molecule has 4 rings (SSSR count). The van der Waals surface area contributed by atoms with Gasteiger partial charge in [0.05, 0.1) is 5.75 Å². The third-order valence-electron chi connectivity index (χ3n) is 6.47. The molecule has 3 unspecified atom stereocenters. The van der Waals surface area contributed by atoms with E-state index in [4.69, 9.17) is 0 Å². The van der Waals surface area contributed by atoms with Crippen LogP contribution in [0, 0.1) is 24.7 Å². The van der Waals surface area contributed by atoms with E-state index in [9.17, 15) is 4.79 Å². The maximum Gasteiger partial charge on any atom is 0.230 e. The van der Waals surface area contributed by atoms with Gasteiger partial charge in [-0.1, -0.05) is 42.4 Å². The van der Waals surface area contributed by atoms with Crippen LogP contribution in [0.25, 0.3) is 11.4 Å². The molecule has 2 aliphatic carbocycles. The Morgan fingerprint density at radius 2 is 2.11 bits per heavy atom. The SMILES string of the molecule is CCn1c(SCC(=O)NCCC2CC3CCC2C3)nnc1-c1ccccc1C. The van der Waals surface area contributed by atoms with E-state index in [-0.39, 0.29) is 5.91 Å². The molecule has 0 radical (unpaired) electrons. The van der Waals surface area contributed by atoms with Crippen LogP contribution in [-0.4, -0.2) is 33.0 Å². The lowest BCUT2D eigenvalue weighted by molar-refractivity contribution is -0.118. The fourth-order valence-electron chi connectivity index (χ4n) is 5.01. The summed E-state index contributed by atoms with van der Waals surface area (Å²) in [6.07, 6.45) is 6.81. The zero-order valence-electron chi connectivity index (χ0n) is 16.9. The zero-order chi connectivity index (χ0) is 19.5. The van der Waals surface area contributed by atoms with Gasteiger partial charge >= 0.3 is 0 Å². The molecule has 2 aliphatic rings. The molecule has 0 saturated heterocycles. The minimum Gasteiger partial charge on any atom is -0.355 e. The average Bonchev–Trinajstić information content (AvgIpc) is 3.42. The van der Waals surface area contributed by atoms with Crippen molar-refractivity contribution in [1.29, 1.82) is 0 Å². The maximum absolute atomic E-state index is 12.3. The number of nitrogens with zero attached hydrogens (tertiary/aromatic N) is 3. The summed E-state index contributed by atoms with van der Waals surface area (Å²) < 4.78 is 2.09. The highest BCUT2D eigenvalue weighted by Crippen LogP contribution is 2.49. The van der Waals surface area contributed by atoms with Crippen molar-refractivity contribution in [3.8, 4) is 11.4 Å². The van der Waals surface area contributed by atoms with Crippen molar-refractivity contribution in [2.45, 2.75) is 57.7 Å². The molecule has 6 heteroatoms. The van der Waals surface area contributed by atoms with Crippen LogP contribution in [0.3, 0.4) is 0 Å². The summed E-state index contributed by atoms with van der Waals surface area (Å²) in [5.74, 6) is 4.11. The monoisotopic (exact) mass is 398 g/mol. The molecule has 1 aromatic carbocycles. The molecule has 1 amide bonds. The van der Waals surface area contributed by atoms with E-state index in [0.717, 1.165) is 53.8 Å². The Morgan fingerprint density at radius 3 is 2.82 bits per heavy atom. The lowest BCUT2D eigenvalue weighted by Crippen LogP contribution is -2.28. The van der Waals surface area contributed by atoms with E-state index in [1.807, 2.05) is 12.1 Å². The lowest BCUT2D eigenvalue weighted by atomic mass is 9.86. The fourth-order valence-corrected chi connectivity index (χ4v) is 5.84. The van der Waals surface area contributed by atoms with Crippen LogP contribution in [0.2, 0.25) is 0 Å². The smallest absolute Gasteiger partial charge is 0.230 e. The van der Waals surface area contributed by atoms with Crippen molar-refractivity contribution in [2.75, 3.05) is 12.3 Å². The topological polar surface area (TPSA) is 59.8 Å². The second-order valence-electron chi connectivity index (χ2n) is 8.23. The number of nitrogens with one attached hydrogen (secondary N) is 1. The molecular weight excluding hydrogens is 368 g/mol. The minimum absolute atomic E-state index is 0.0938. The van der Waals surface area contributed by atoms with Gasteiger partial charge in [-0.05, 0) is 62.8 Å². The van der Waals surface area contributed by atoms with E-state index >= 15 is 0 Å². The van der Waals surface area contributed by atoms with Gasteiger partial charge in [-0.15, -0.1) is 10.2 Å². The van der Waals surface area contributed by atoms with E-state index in [0.29, 0.717) is 5.75 Å². The fraction of sp³-hybridized carbons (Fsp3) is 0.591. The van der Waals surface area contributed by atoms with Gasteiger partial charge in [0.15, 0.2) is 11.0 Å². The number of aryl methyl sites for hydroxylation is 1. The van der Waals surface area contributed by atoms with Crippen molar-refractivity contribution in [1.82, 2.24) is 20.1 Å². The van der Waals surface area contributed by atoms with Gasteiger partial charge in [-0.25, -0.2) is 0 Å². The Bertz CT molecular complexity index is 834. The molecular formula is C22H30N4OS. The van der Waals surface area contributed by atoms with E-state index in [1.165, 1.54) is 43.0 Å². The summed E-state index contributed by atoms with van der Waals surface area (Å²) >= 11 is 1.47. The molecule has 5 nitrogen and oxygen atoms in total. The molecule has 150 valence electrons.